The predicted octanol–water partition coefficient (Wildman–Crippen LogP) is 2.01. The first-order chi connectivity index (χ1) is 11.1. The second-order valence-corrected chi connectivity index (χ2v) is 5.26. The van der Waals surface area contributed by atoms with E-state index in [0.717, 1.165) is 11.3 Å². The van der Waals surface area contributed by atoms with Crippen LogP contribution in [-0.2, 0) is 20.8 Å². The zero-order chi connectivity index (χ0) is 16.8. The van der Waals surface area contributed by atoms with Gasteiger partial charge in [-0.15, -0.1) is 0 Å². The molecular weight excluding hydrogens is 302 g/mol. The number of nitrogens with zero attached hydrogens (tertiary/aromatic N) is 3. The van der Waals surface area contributed by atoms with Gasteiger partial charge in [-0.1, -0.05) is 17.2 Å². The van der Waals surface area contributed by atoms with Crippen molar-refractivity contribution in [3.8, 4) is 5.75 Å². The normalized spacial score (nSPS) is 30.5. The standard InChI is InChI=1S/C15H21N3O5/c1-9-12(17-18-16)14(13(19)15(21-3)23-9)22-8-10-4-6-11(20-2)7-5-10/h4-7,9,12-15,19H,8H2,1-3H3/t9-,12-,13+,14+,15+/m1/s1. The maximum atomic E-state index is 10.3. The number of azide groups is 1. The minimum atomic E-state index is -1.05. The lowest BCUT2D eigenvalue weighted by molar-refractivity contribution is -0.269. The van der Waals surface area contributed by atoms with E-state index in [4.69, 9.17) is 24.5 Å². The van der Waals surface area contributed by atoms with Crippen molar-refractivity contribution in [2.24, 2.45) is 5.11 Å². The van der Waals surface area contributed by atoms with Gasteiger partial charge in [0.25, 0.3) is 0 Å². The van der Waals surface area contributed by atoms with Gasteiger partial charge in [-0.2, -0.15) is 0 Å². The van der Waals surface area contributed by atoms with Gasteiger partial charge in [0.15, 0.2) is 6.29 Å². The highest BCUT2D eigenvalue weighted by Crippen LogP contribution is 2.27. The first-order valence-corrected chi connectivity index (χ1v) is 7.25. The van der Waals surface area contributed by atoms with Crippen LogP contribution in [0.1, 0.15) is 12.5 Å². The molecule has 8 nitrogen and oxygen atoms in total. The second-order valence-electron chi connectivity index (χ2n) is 5.26. The second kappa shape index (κ2) is 8.14. The smallest absolute Gasteiger partial charge is 0.185 e. The average molecular weight is 323 g/mol. The van der Waals surface area contributed by atoms with Crippen molar-refractivity contribution in [2.75, 3.05) is 14.2 Å². The zero-order valence-corrected chi connectivity index (χ0v) is 13.3. The van der Waals surface area contributed by atoms with Crippen LogP contribution in [0.3, 0.4) is 0 Å². The summed E-state index contributed by atoms with van der Waals surface area (Å²) in [5.74, 6) is 0.750. The molecule has 5 atom stereocenters. The van der Waals surface area contributed by atoms with E-state index < -0.39 is 30.6 Å². The molecule has 1 saturated heterocycles. The monoisotopic (exact) mass is 323 g/mol. The summed E-state index contributed by atoms with van der Waals surface area (Å²) in [6.07, 6.45) is -3.03. The van der Waals surface area contributed by atoms with Crippen molar-refractivity contribution in [1.82, 2.24) is 0 Å². The molecule has 23 heavy (non-hydrogen) atoms. The minimum Gasteiger partial charge on any atom is -0.497 e. The predicted molar refractivity (Wildman–Crippen MR) is 81.9 cm³/mol. The highest BCUT2D eigenvalue weighted by Gasteiger charge is 2.44. The molecule has 0 amide bonds. The van der Waals surface area contributed by atoms with E-state index in [2.05, 4.69) is 10.0 Å². The van der Waals surface area contributed by atoms with Gasteiger partial charge in [0, 0.05) is 12.0 Å². The highest BCUT2D eigenvalue weighted by molar-refractivity contribution is 5.26. The summed E-state index contributed by atoms with van der Waals surface area (Å²) in [5.41, 5.74) is 9.63. The molecule has 126 valence electrons. The molecular formula is C15H21N3O5. The van der Waals surface area contributed by atoms with Crippen molar-refractivity contribution < 1.29 is 24.1 Å². The number of ether oxygens (including phenoxy) is 4. The summed E-state index contributed by atoms with van der Waals surface area (Å²) in [4.78, 5) is 2.82. The fraction of sp³-hybridized carbons (Fsp3) is 0.600. The summed E-state index contributed by atoms with van der Waals surface area (Å²) in [6, 6.07) is 6.74. The SMILES string of the molecule is COc1ccc(CO[C@@H]2[C@H](O)[C@@H](OC)O[C@H](C)[C@H]2N=[N+]=[N-])cc1. The van der Waals surface area contributed by atoms with Crippen molar-refractivity contribution >= 4 is 0 Å². The van der Waals surface area contributed by atoms with Gasteiger partial charge >= 0.3 is 0 Å². The van der Waals surface area contributed by atoms with Crippen LogP contribution in [0.15, 0.2) is 29.4 Å². The summed E-state index contributed by atoms with van der Waals surface area (Å²) in [7, 11) is 3.04. The largest absolute Gasteiger partial charge is 0.497 e. The van der Waals surface area contributed by atoms with Crippen LogP contribution in [0.4, 0.5) is 0 Å². The third-order valence-electron chi connectivity index (χ3n) is 3.80. The van der Waals surface area contributed by atoms with Crippen molar-refractivity contribution in [1.29, 1.82) is 0 Å². The highest BCUT2D eigenvalue weighted by atomic mass is 16.7. The number of aliphatic hydroxyl groups excluding tert-OH is 1. The Hall–Kier alpha value is -1.83. The molecule has 1 aliphatic rings. The van der Waals surface area contributed by atoms with Crippen LogP contribution in [0.25, 0.3) is 10.4 Å². The maximum Gasteiger partial charge on any atom is 0.185 e. The maximum absolute atomic E-state index is 10.3. The van der Waals surface area contributed by atoms with E-state index in [1.807, 2.05) is 24.3 Å². The van der Waals surface area contributed by atoms with E-state index in [1.54, 1.807) is 14.0 Å². The number of methoxy groups -OCH3 is 2. The first-order valence-electron chi connectivity index (χ1n) is 7.25. The molecule has 1 aromatic carbocycles. The third kappa shape index (κ3) is 4.13. The third-order valence-corrected chi connectivity index (χ3v) is 3.80. The van der Waals surface area contributed by atoms with Gasteiger partial charge in [0.2, 0.25) is 0 Å². The quantitative estimate of drug-likeness (QED) is 0.489. The van der Waals surface area contributed by atoms with E-state index in [9.17, 15) is 5.11 Å². The van der Waals surface area contributed by atoms with Crippen molar-refractivity contribution in [3.05, 3.63) is 40.3 Å². The molecule has 1 aliphatic heterocycles. The Morgan fingerprint density at radius 1 is 1.30 bits per heavy atom. The van der Waals surface area contributed by atoms with Crippen LogP contribution in [0.5, 0.6) is 5.75 Å². The lowest BCUT2D eigenvalue weighted by Gasteiger charge is -2.41. The van der Waals surface area contributed by atoms with Crippen LogP contribution >= 0.6 is 0 Å². The topological polar surface area (TPSA) is 106 Å². The fourth-order valence-electron chi connectivity index (χ4n) is 2.52. The van der Waals surface area contributed by atoms with Gasteiger partial charge in [-0.05, 0) is 30.2 Å². The van der Waals surface area contributed by atoms with Crippen molar-refractivity contribution in [3.63, 3.8) is 0 Å². The molecule has 1 heterocycles. The molecule has 0 spiro atoms. The van der Waals surface area contributed by atoms with Gasteiger partial charge in [0.05, 0.1) is 32.0 Å². The fourth-order valence-corrected chi connectivity index (χ4v) is 2.52. The van der Waals surface area contributed by atoms with Crippen LogP contribution < -0.4 is 4.74 Å². The van der Waals surface area contributed by atoms with Gasteiger partial charge in [0.1, 0.15) is 11.9 Å². The molecule has 0 radical (unpaired) electrons. The number of aliphatic hydroxyl groups is 1. The molecule has 0 unspecified atom stereocenters. The van der Waals surface area contributed by atoms with Crippen molar-refractivity contribution in [2.45, 2.75) is 44.2 Å². The van der Waals surface area contributed by atoms with Gasteiger partial charge in [-0.25, -0.2) is 0 Å². The summed E-state index contributed by atoms with van der Waals surface area (Å²) in [5, 5.41) is 14.0. The number of hydrogen-bond acceptors (Lipinski definition) is 6. The van der Waals surface area contributed by atoms with E-state index in [-0.39, 0.29) is 6.61 Å². The zero-order valence-electron chi connectivity index (χ0n) is 13.3. The molecule has 1 fully saturated rings. The molecule has 1 N–H and O–H groups in total. The molecule has 0 saturated carbocycles. The summed E-state index contributed by atoms with van der Waals surface area (Å²) in [6.45, 7) is 2.01. The van der Waals surface area contributed by atoms with Crippen LogP contribution in [-0.4, -0.2) is 50.0 Å². The Balaban J connectivity index is 2.09. The molecule has 1 aromatic rings. The molecule has 0 bridgehead atoms. The molecule has 0 aromatic heterocycles. The molecule has 0 aliphatic carbocycles. The number of hydrogen-bond donors (Lipinski definition) is 1. The van der Waals surface area contributed by atoms with E-state index >= 15 is 0 Å². The Morgan fingerprint density at radius 2 is 2.00 bits per heavy atom. The summed E-state index contributed by atoms with van der Waals surface area (Å²) < 4.78 is 21.5. The van der Waals surface area contributed by atoms with Crippen LogP contribution in [0.2, 0.25) is 0 Å². The van der Waals surface area contributed by atoms with E-state index in [1.165, 1.54) is 7.11 Å². The van der Waals surface area contributed by atoms with Gasteiger partial charge < -0.3 is 24.1 Å². The molecule has 8 heteroatoms. The lowest BCUT2D eigenvalue weighted by Crippen LogP contribution is -2.57. The lowest BCUT2D eigenvalue weighted by atomic mass is 9.97. The number of rotatable bonds is 6. The Labute approximate surface area is 134 Å². The average Bonchev–Trinajstić information content (AvgIpc) is 2.58. The Bertz CT molecular complexity index is 547. The summed E-state index contributed by atoms with van der Waals surface area (Å²) >= 11 is 0. The Kier molecular flexibility index (Phi) is 6.20. The van der Waals surface area contributed by atoms with E-state index in [0.29, 0.717) is 0 Å². The number of benzene rings is 1. The molecule has 2 rings (SSSR count). The minimum absolute atomic E-state index is 0.256. The first kappa shape index (κ1) is 17.5. The van der Waals surface area contributed by atoms with Crippen LogP contribution in [0, 0.1) is 0 Å². The van der Waals surface area contributed by atoms with Gasteiger partial charge in [-0.3, -0.25) is 0 Å². The Morgan fingerprint density at radius 3 is 2.57 bits per heavy atom.